The summed E-state index contributed by atoms with van der Waals surface area (Å²) in [7, 11) is 0. The molecule has 0 saturated heterocycles. The third-order valence-corrected chi connectivity index (χ3v) is 9.91. The number of benzene rings is 8. The van der Waals surface area contributed by atoms with Crippen molar-refractivity contribution in [2.75, 3.05) is 0 Å². The molecule has 10 rings (SSSR count). The fourth-order valence-corrected chi connectivity index (χ4v) is 7.67. The summed E-state index contributed by atoms with van der Waals surface area (Å²) in [5.41, 5.74) is 6.30. The van der Waals surface area contributed by atoms with E-state index < -0.39 is 0 Å². The molecule has 0 amide bonds. The summed E-state index contributed by atoms with van der Waals surface area (Å²) in [6.07, 6.45) is 5.87. The molecule has 1 heterocycles. The van der Waals surface area contributed by atoms with Crippen molar-refractivity contribution in [3.05, 3.63) is 156 Å². The van der Waals surface area contributed by atoms with Crippen LogP contribution in [0.1, 0.15) is 17.9 Å². The highest BCUT2D eigenvalue weighted by atomic mass is 16.5. The molecule has 1 heteroatoms. The maximum Gasteiger partial charge on any atom is 0.136 e. The molecule has 0 aromatic heterocycles. The van der Waals surface area contributed by atoms with E-state index in [0.717, 1.165) is 17.9 Å². The Bertz CT molecular complexity index is 2660. The molecule has 0 radical (unpaired) electrons. The van der Waals surface area contributed by atoms with Gasteiger partial charge in [-0.3, -0.25) is 0 Å². The van der Waals surface area contributed by atoms with E-state index >= 15 is 0 Å². The van der Waals surface area contributed by atoms with Gasteiger partial charge in [-0.15, -0.1) is 0 Å². The van der Waals surface area contributed by atoms with Gasteiger partial charge in [-0.1, -0.05) is 115 Å². The predicted octanol–water partition coefficient (Wildman–Crippen LogP) is 10.5. The Balaban J connectivity index is 1.09. The first-order chi connectivity index (χ1) is 22.3. The van der Waals surface area contributed by atoms with E-state index in [2.05, 4.69) is 152 Å². The lowest BCUT2D eigenvalue weighted by atomic mass is 9.84. The van der Waals surface area contributed by atoms with Crippen LogP contribution in [0.2, 0.25) is 0 Å². The molecule has 2 aliphatic rings. The van der Waals surface area contributed by atoms with Crippen LogP contribution in [0.15, 0.2) is 140 Å². The molecular formula is C44H28O. The van der Waals surface area contributed by atoms with Crippen molar-refractivity contribution in [1.82, 2.24) is 0 Å². The highest BCUT2D eigenvalue weighted by Gasteiger charge is 2.24. The zero-order chi connectivity index (χ0) is 29.5. The fourth-order valence-electron chi connectivity index (χ4n) is 7.67. The monoisotopic (exact) mass is 572 g/mol. The predicted molar refractivity (Wildman–Crippen MR) is 189 cm³/mol. The summed E-state index contributed by atoms with van der Waals surface area (Å²) >= 11 is 0. The van der Waals surface area contributed by atoms with E-state index in [9.17, 15) is 0 Å². The first-order valence-electron chi connectivity index (χ1n) is 15.8. The van der Waals surface area contributed by atoms with Crippen LogP contribution in [0.25, 0.3) is 77.5 Å². The van der Waals surface area contributed by atoms with Crippen molar-refractivity contribution >= 4 is 55.2 Å². The molecule has 0 saturated carbocycles. The lowest BCUT2D eigenvalue weighted by molar-refractivity contribution is 0.487. The normalized spacial score (nSPS) is 14.9. The van der Waals surface area contributed by atoms with Crippen LogP contribution in [-0.2, 0) is 0 Å². The van der Waals surface area contributed by atoms with Crippen LogP contribution in [0.3, 0.4) is 0 Å². The summed E-state index contributed by atoms with van der Waals surface area (Å²) in [6, 6.07) is 51.1. The Kier molecular flexibility index (Phi) is 5.18. The Morgan fingerprint density at radius 3 is 2.11 bits per heavy atom. The number of para-hydroxylation sites is 1. The average molecular weight is 573 g/mol. The molecule has 8 aromatic rings. The van der Waals surface area contributed by atoms with Gasteiger partial charge >= 0.3 is 0 Å². The molecule has 1 aliphatic heterocycles. The second kappa shape index (κ2) is 9.42. The molecule has 0 N–H and O–H groups in total. The molecule has 1 unspecified atom stereocenters. The van der Waals surface area contributed by atoms with Gasteiger partial charge in [0.15, 0.2) is 0 Å². The smallest absolute Gasteiger partial charge is 0.136 e. The van der Waals surface area contributed by atoms with Crippen LogP contribution >= 0.6 is 0 Å². The summed E-state index contributed by atoms with van der Waals surface area (Å²) < 4.78 is 6.47. The highest BCUT2D eigenvalue weighted by molar-refractivity contribution is 6.17. The average Bonchev–Trinajstić information content (AvgIpc) is 3.10. The molecule has 1 nitrogen and oxygen atoms in total. The molecule has 1 aliphatic carbocycles. The fraction of sp³-hybridized carbons (Fsp3) is 0.0455. The molecule has 0 spiro atoms. The maximum atomic E-state index is 6.47. The zero-order valence-corrected chi connectivity index (χ0v) is 24.6. The Labute approximate surface area is 261 Å². The summed E-state index contributed by atoms with van der Waals surface area (Å²) in [4.78, 5) is 0. The zero-order valence-electron chi connectivity index (χ0n) is 24.6. The molecule has 0 bridgehead atoms. The van der Waals surface area contributed by atoms with Gasteiger partial charge < -0.3 is 4.74 Å². The number of hydrogen-bond acceptors (Lipinski definition) is 1. The van der Waals surface area contributed by atoms with E-state index in [4.69, 9.17) is 4.74 Å². The quantitative estimate of drug-likeness (QED) is 0.187. The van der Waals surface area contributed by atoms with Crippen molar-refractivity contribution in [3.8, 4) is 33.8 Å². The number of ether oxygens (including phenoxy) is 1. The number of rotatable bonds is 2. The van der Waals surface area contributed by atoms with Crippen molar-refractivity contribution in [3.63, 3.8) is 0 Å². The SMILES string of the molecule is C1=c2ccc(-c3ccc4c(ccc5ccccc54)c3)cc2=CCC1c1cc2c3c(cc4ccccc4c3c1)Oc1ccccc1-2. The third kappa shape index (κ3) is 3.81. The second-order valence-corrected chi connectivity index (χ2v) is 12.5. The number of hydrogen-bond donors (Lipinski definition) is 0. The maximum absolute atomic E-state index is 6.47. The lowest BCUT2D eigenvalue weighted by Gasteiger charge is -2.25. The van der Waals surface area contributed by atoms with E-state index in [1.165, 1.54) is 81.3 Å². The first kappa shape index (κ1) is 24.7. The van der Waals surface area contributed by atoms with Crippen LogP contribution in [0.4, 0.5) is 0 Å². The van der Waals surface area contributed by atoms with Crippen LogP contribution in [-0.4, -0.2) is 0 Å². The van der Waals surface area contributed by atoms with Crippen LogP contribution in [0.5, 0.6) is 11.5 Å². The van der Waals surface area contributed by atoms with Crippen molar-refractivity contribution < 1.29 is 4.74 Å². The van der Waals surface area contributed by atoms with Gasteiger partial charge in [0, 0.05) is 16.9 Å². The van der Waals surface area contributed by atoms with E-state index in [1.807, 2.05) is 0 Å². The lowest BCUT2D eigenvalue weighted by Crippen LogP contribution is -2.28. The second-order valence-electron chi connectivity index (χ2n) is 12.5. The Morgan fingerprint density at radius 1 is 0.467 bits per heavy atom. The highest BCUT2D eigenvalue weighted by Crippen LogP contribution is 2.49. The molecule has 8 aromatic carbocycles. The van der Waals surface area contributed by atoms with E-state index in [1.54, 1.807) is 0 Å². The molecular weight excluding hydrogens is 544 g/mol. The summed E-state index contributed by atoms with van der Waals surface area (Å²) in [5.74, 6) is 2.18. The minimum atomic E-state index is 0.301. The van der Waals surface area contributed by atoms with Gasteiger partial charge in [0.2, 0.25) is 0 Å². The van der Waals surface area contributed by atoms with Gasteiger partial charge in [-0.25, -0.2) is 0 Å². The molecule has 1 atom stereocenters. The molecule has 210 valence electrons. The minimum Gasteiger partial charge on any atom is -0.456 e. The van der Waals surface area contributed by atoms with Crippen molar-refractivity contribution in [2.24, 2.45) is 0 Å². The molecule has 45 heavy (non-hydrogen) atoms. The topological polar surface area (TPSA) is 9.23 Å². The first-order valence-corrected chi connectivity index (χ1v) is 15.8. The van der Waals surface area contributed by atoms with Crippen molar-refractivity contribution in [1.29, 1.82) is 0 Å². The summed E-state index contributed by atoms with van der Waals surface area (Å²) in [5, 5.41) is 12.8. The van der Waals surface area contributed by atoms with Gasteiger partial charge in [0.25, 0.3) is 0 Å². The van der Waals surface area contributed by atoms with E-state index in [-0.39, 0.29) is 0 Å². The molecule has 0 fully saturated rings. The van der Waals surface area contributed by atoms with E-state index in [0.29, 0.717) is 5.92 Å². The third-order valence-electron chi connectivity index (χ3n) is 9.91. The number of fused-ring (bicyclic) bond motifs is 8. The van der Waals surface area contributed by atoms with Crippen molar-refractivity contribution in [2.45, 2.75) is 12.3 Å². The summed E-state index contributed by atoms with van der Waals surface area (Å²) in [6.45, 7) is 0. The van der Waals surface area contributed by atoms with Crippen LogP contribution in [0, 0.1) is 0 Å². The minimum absolute atomic E-state index is 0.301. The Hall–Kier alpha value is -5.66. The standard InChI is InChI=1S/C44H28O/c1-3-9-36-27(7-1)13-18-34-23-31(19-20-38(34)36)29-14-15-30-22-32(17-16-28(30)21-29)35-24-40-37-10-4-2-8-33(37)26-43-44(40)41(25-35)39-11-5-6-12-42(39)45-43/h1-16,18-26,32H,17H2. The Morgan fingerprint density at radius 2 is 1.18 bits per heavy atom. The largest absolute Gasteiger partial charge is 0.456 e. The van der Waals surface area contributed by atoms with Gasteiger partial charge in [-0.05, 0) is 113 Å². The van der Waals surface area contributed by atoms with Gasteiger partial charge in [0.05, 0.1) is 0 Å². The van der Waals surface area contributed by atoms with Gasteiger partial charge in [-0.2, -0.15) is 0 Å². The van der Waals surface area contributed by atoms with Gasteiger partial charge in [0.1, 0.15) is 11.5 Å². The van der Waals surface area contributed by atoms with Crippen LogP contribution < -0.4 is 15.2 Å².